The number of aryl methyl sites for hydroxylation is 1. The third-order valence-electron chi connectivity index (χ3n) is 6.76. The van der Waals surface area contributed by atoms with Crippen LogP contribution in [0.4, 0.5) is 0 Å². The van der Waals surface area contributed by atoms with Crippen molar-refractivity contribution in [3.63, 3.8) is 0 Å². The topological polar surface area (TPSA) is 17.1 Å². The third-order valence-corrected chi connectivity index (χ3v) is 6.76. The summed E-state index contributed by atoms with van der Waals surface area (Å²) < 4.78 is 0. The predicted octanol–water partition coefficient (Wildman–Crippen LogP) is 5.39. The molecule has 1 saturated carbocycles. The van der Waals surface area contributed by atoms with Crippen molar-refractivity contribution in [2.75, 3.05) is 0 Å². The Morgan fingerprint density at radius 2 is 1.96 bits per heavy atom. The molecule has 3 unspecified atom stereocenters. The minimum absolute atomic E-state index is 0.213. The first-order valence-corrected chi connectivity index (χ1v) is 9.84. The highest BCUT2D eigenvalue weighted by Gasteiger charge is 2.55. The van der Waals surface area contributed by atoms with Gasteiger partial charge in [-0.1, -0.05) is 50.3 Å². The summed E-state index contributed by atoms with van der Waals surface area (Å²) in [6.45, 7) is 4.54. The van der Waals surface area contributed by atoms with Crippen LogP contribution in [0.3, 0.4) is 0 Å². The number of hydrogen-bond donors (Lipinski definition) is 0. The maximum atomic E-state index is 13.1. The molecular formula is C24H26O. The Bertz CT molecular complexity index is 904. The summed E-state index contributed by atoms with van der Waals surface area (Å²) in [5, 5.41) is 2.65. The average molecular weight is 330 g/mol. The first kappa shape index (κ1) is 15.4. The molecule has 1 heteroatoms. The molecule has 0 heterocycles. The van der Waals surface area contributed by atoms with E-state index < -0.39 is 0 Å². The van der Waals surface area contributed by atoms with Gasteiger partial charge in [-0.05, 0) is 77.0 Å². The Morgan fingerprint density at radius 1 is 1.08 bits per heavy atom. The lowest BCUT2D eigenvalue weighted by Crippen LogP contribution is -2.43. The Labute approximate surface area is 150 Å². The number of carbonyl (C=O) groups is 1. The molecule has 3 aliphatic carbocycles. The molecule has 128 valence electrons. The third kappa shape index (κ3) is 2.18. The quantitative estimate of drug-likeness (QED) is 0.675. The summed E-state index contributed by atoms with van der Waals surface area (Å²) in [4.78, 5) is 13.1. The second-order valence-electron chi connectivity index (χ2n) is 8.87. The molecule has 0 saturated heterocycles. The molecule has 3 atom stereocenters. The number of allylic oxidation sites excluding steroid dienone is 2. The minimum Gasteiger partial charge on any atom is -0.299 e. The van der Waals surface area contributed by atoms with Crippen molar-refractivity contribution in [3.05, 3.63) is 59.2 Å². The van der Waals surface area contributed by atoms with Gasteiger partial charge in [0.15, 0.2) is 0 Å². The zero-order chi connectivity index (χ0) is 17.2. The normalized spacial score (nSPS) is 30.0. The summed E-state index contributed by atoms with van der Waals surface area (Å²) in [7, 11) is 0. The summed E-state index contributed by atoms with van der Waals surface area (Å²) in [6.07, 6.45) is 9.65. The van der Waals surface area contributed by atoms with E-state index in [1.54, 1.807) is 0 Å². The average Bonchev–Trinajstić information content (AvgIpc) is 3.19. The van der Waals surface area contributed by atoms with Crippen LogP contribution >= 0.6 is 0 Å². The molecule has 2 aromatic carbocycles. The number of fused-ring (bicyclic) bond motifs is 6. The van der Waals surface area contributed by atoms with Crippen molar-refractivity contribution in [1.82, 2.24) is 0 Å². The largest absolute Gasteiger partial charge is 0.299 e. The van der Waals surface area contributed by atoms with Crippen LogP contribution in [0.15, 0.2) is 42.5 Å². The van der Waals surface area contributed by atoms with Crippen molar-refractivity contribution in [2.24, 2.45) is 17.8 Å². The Morgan fingerprint density at radius 3 is 2.68 bits per heavy atom. The van der Waals surface area contributed by atoms with Crippen molar-refractivity contribution in [2.45, 2.75) is 51.4 Å². The Hall–Kier alpha value is -1.89. The van der Waals surface area contributed by atoms with Gasteiger partial charge in [0.05, 0.1) is 5.41 Å². The lowest BCUT2D eigenvalue weighted by atomic mass is 9.62. The standard InChI is InChI=1S/C24H26O/c1-15(2)9-16-3-5-18-12-19-6-8-23(25)24(22(19)13-20(18)10-16)14-17-4-7-21(24)11-17/h3-5,7,10,12-13,15,17,21H,6,8-9,11,14H2,1-2H3. The molecule has 0 amide bonds. The van der Waals surface area contributed by atoms with Gasteiger partial charge in [-0.15, -0.1) is 0 Å². The molecule has 5 rings (SSSR count). The fourth-order valence-electron chi connectivity index (χ4n) is 5.72. The summed E-state index contributed by atoms with van der Waals surface area (Å²) in [5.41, 5.74) is 3.97. The molecule has 2 bridgehead atoms. The number of ketones is 1. The van der Waals surface area contributed by atoms with Gasteiger partial charge in [-0.2, -0.15) is 0 Å². The number of benzene rings is 2. The van der Waals surface area contributed by atoms with E-state index in [1.165, 1.54) is 33.9 Å². The number of Topliss-reactive ketones (excluding diaryl/α,β-unsaturated/α-hetero) is 1. The van der Waals surface area contributed by atoms with E-state index in [2.05, 4.69) is 56.3 Å². The number of carbonyl (C=O) groups excluding carboxylic acids is 1. The van der Waals surface area contributed by atoms with Crippen LogP contribution in [0, 0.1) is 17.8 Å². The van der Waals surface area contributed by atoms with Gasteiger partial charge in [-0.25, -0.2) is 0 Å². The molecule has 25 heavy (non-hydrogen) atoms. The van der Waals surface area contributed by atoms with Crippen molar-refractivity contribution < 1.29 is 4.79 Å². The smallest absolute Gasteiger partial charge is 0.144 e. The molecule has 0 radical (unpaired) electrons. The van der Waals surface area contributed by atoms with Gasteiger partial charge in [0.2, 0.25) is 0 Å². The lowest BCUT2D eigenvalue weighted by molar-refractivity contribution is -0.126. The fourth-order valence-corrected chi connectivity index (χ4v) is 5.72. The highest BCUT2D eigenvalue weighted by Crippen LogP contribution is 2.57. The molecule has 0 aromatic heterocycles. The first-order chi connectivity index (χ1) is 12.1. The SMILES string of the molecule is CC(C)Cc1ccc2cc3c(cc2c1)C1(CC2C=CC1C2)C(=O)CC3. The first-order valence-electron chi connectivity index (χ1n) is 9.84. The Kier molecular flexibility index (Phi) is 3.26. The summed E-state index contributed by atoms with van der Waals surface area (Å²) in [6, 6.07) is 11.6. The molecule has 0 N–H and O–H groups in total. The lowest BCUT2D eigenvalue weighted by Gasteiger charge is -2.39. The van der Waals surface area contributed by atoms with Gasteiger partial charge in [0.25, 0.3) is 0 Å². The molecular weight excluding hydrogens is 304 g/mol. The van der Waals surface area contributed by atoms with Crippen LogP contribution in [-0.4, -0.2) is 5.78 Å². The molecule has 1 nitrogen and oxygen atoms in total. The van der Waals surface area contributed by atoms with E-state index in [0.717, 1.165) is 25.7 Å². The highest BCUT2D eigenvalue weighted by molar-refractivity contribution is 5.96. The minimum atomic E-state index is -0.213. The second-order valence-corrected chi connectivity index (χ2v) is 8.87. The van der Waals surface area contributed by atoms with Crippen LogP contribution in [0.25, 0.3) is 10.8 Å². The van der Waals surface area contributed by atoms with Crippen molar-refractivity contribution in [1.29, 1.82) is 0 Å². The van der Waals surface area contributed by atoms with E-state index in [9.17, 15) is 4.79 Å². The molecule has 0 aliphatic heterocycles. The second kappa shape index (κ2) is 5.30. The van der Waals surface area contributed by atoms with Gasteiger partial charge < -0.3 is 0 Å². The van der Waals surface area contributed by atoms with Crippen LogP contribution in [0.5, 0.6) is 0 Å². The van der Waals surface area contributed by atoms with E-state index in [4.69, 9.17) is 0 Å². The molecule has 3 aliphatic rings. The summed E-state index contributed by atoms with van der Waals surface area (Å²) >= 11 is 0. The zero-order valence-corrected chi connectivity index (χ0v) is 15.2. The highest BCUT2D eigenvalue weighted by atomic mass is 16.1. The van der Waals surface area contributed by atoms with Gasteiger partial charge in [-0.3, -0.25) is 4.79 Å². The van der Waals surface area contributed by atoms with Crippen LogP contribution < -0.4 is 0 Å². The van der Waals surface area contributed by atoms with Gasteiger partial charge >= 0.3 is 0 Å². The van der Waals surface area contributed by atoms with E-state index in [1.807, 2.05) is 0 Å². The Balaban J connectivity index is 1.69. The van der Waals surface area contributed by atoms with Gasteiger partial charge in [0.1, 0.15) is 5.78 Å². The van der Waals surface area contributed by atoms with Crippen LogP contribution in [0.2, 0.25) is 0 Å². The van der Waals surface area contributed by atoms with E-state index in [-0.39, 0.29) is 5.41 Å². The predicted molar refractivity (Wildman–Crippen MR) is 103 cm³/mol. The monoisotopic (exact) mass is 330 g/mol. The molecule has 1 fully saturated rings. The van der Waals surface area contributed by atoms with E-state index in [0.29, 0.717) is 23.5 Å². The maximum Gasteiger partial charge on any atom is 0.144 e. The van der Waals surface area contributed by atoms with Crippen LogP contribution in [-0.2, 0) is 23.1 Å². The number of hydrogen-bond acceptors (Lipinski definition) is 1. The fraction of sp³-hybridized carbons (Fsp3) is 0.458. The molecule has 1 spiro atoms. The van der Waals surface area contributed by atoms with E-state index >= 15 is 0 Å². The van der Waals surface area contributed by atoms with Gasteiger partial charge in [0, 0.05) is 6.42 Å². The maximum absolute atomic E-state index is 13.1. The van der Waals surface area contributed by atoms with Crippen LogP contribution in [0.1, 0.15) is 49.8 Å². The molecule has 2 aromatic rings. The van der Waals surface area contributed by atoms with Crippen molar-refractivity contribution >= 4 is 16.6 Å². The number of rotatable bonds is 2. The summed E-state index contributed by atoms with van der Waals surface area (Å²) in [5.74, 6) is 2.21. The zero-order valence-electron chi connectivity index (χ0n) is 15.2. The van der Waals surface area contributed by atoms with Crippen molar-refractivity contribution in [3.8, 4) is 0 Å².